The summed E-state index contributed by atoms with van der Waals surface area (Å²) in [6.07, 6.45) is -0.196. The summed E-state index contributed by atoms with van der Waals surface area (Å²) >= 11 is 1.50. The minimum absolute atomic E-state index is 0.0949. The van der Waals surface area contributed by atoms with E-state index in [0.717, 1.165) is 34.3 Å². The van der Waals surface area contributed by atoms with Crippen LogP contribution in [-0.2, 0) is 16.0 Å². The molecule has 1 fully saturated rings. The number of thiophene rings is 1. The molecule has 1 amide bonds. The number of nitrogens with one attached hydrogen (secondary N) is 1. The molecule has 2 heterocycles. The molecule has 7 heteroatoms. The van der Waals surface area contributed by atoms with Crippen molar-refractivity contribution in [3.8, 4) is 0 Å². The monoisotopic (exact) mass is 428 g/mol. The van der Waals surface area contributed by atoms with E-state index in [0.29, 0.717) is 31.2 Å². The van der Waals surface area contributed by atoms with Gasteiger partial charge in [0.05, 0.1) is 24.2 Å². The van der Waals surface area contributed by atoms with E-state index in [4.69, 9.17) is 9.47 Å². The first kappa shape index (κ1) is 20.9. The van der Waals surface area contributed by atoms with E-state index >= 15 is 0 Å². The van der Waals surface area contributed by atoms with Crippen molar-refractivity contribution in [1.82, 2.24) is 10.2 Å². The number of carbonyl (C=O) groups is 1. The molecule has 5 nitrogen and oxygen atoms in total. The Morgan fingerprint density at radius 2 is 2.07 bits per heavy atom. The van der Waals surface area contributed by atoms with Gasteiger partial charge in [-0.2, -0.15) is 0 Å². The number of amides is 1. The fraction of sp³-hybridized carbons (Fsp3) is 0.348. The van der Waals surface area contributed by atoms with Crippen LogP contribution in [0.4, 0.5) is 4.39 Å². The molecule has 0 radical (unpaired) electrons. The van der Waals surface area contributed by atoms with Crippen LogP contribution in [0.2, 0.25) is 0 Å². The number of methoxy groups -OCH3 is 1. The van der Waals surface area contributed by atoms with Gasteiger partial charge in [-0.15, -0.1) is 11.3 Å². The highest BCUT2D eigenvalue weighted by Crippen LogP contribution is 2.38. The average Bonchev–Trinajstić information content (AvgIpc) is 3.15. The minimum atomic E-state index is -0.229. The molecule has 1 aliphatic heterocycles. The summed E-state index contributed by atoms with van der Waals surface area (Å²) in [5.41, 5.74) is 2.01. The van der Waals surface area contributed by atoms with Crippen LogP contribution >= 0.6 is 11.3 Å². The molecule has 1 atom stereocenters. The number of halogens is 1. The lowest BCUT2D eigenvalue weighted by atomic mass is 10.0. The van der Waals surface area contributed by atoms with Gasteiger partial charge in [0, 0.05) is 43.6 Å². The molecule has 1 saturated heterocycles. The lowest BCUT2D eigenvalue weighted by Crippen LogP contribution is -2.38. The molecule has 0 aliphatic carbocycles. The largest absolute Gasteiger partial charge is 0.383 e. The van der Waals surface area contributed by atoms with Gasteiger partial charge in [0.15, 0.2) is 0 Å². The second-order valence-corrected chi connectivity index (χ2v) is 8.36. The zero-order valence-electron chi connectivity index (χ0n) is 16.9. The highest BCUT2D eigenvalue weighted by atomic mass is 32.1. The molecule has 1 aliphatic rings. The number of carbonyl (C=O) groups excluding carboxylic acids is 1. The Labute approximate surface area is 179 Å². The fourth-order valence-corrected chi connectivity index (χ4v) is 4.94. The van der Waals surface area contributed by atoms with Crippen molar-refractivity contribution >= 4 is 27.3 Å². The molecular weight excluding hydrogens is 403 g/mol. The highest BCUT2D eigenvalue weighted by Gasteiger charge is 2.29. The number of nitrogens with zero attached hydrogens (tertiary/aromatic N) is 1. The number of hydrogen-bond acceptors (Lipinski definition) is 5. The predicted octanol–water partition coefficient (Wildman–Crippen LogP) is 3.99. The minimum Gasteiger partial charge on any atom is -0.383 e. The van der Waals surface area contributed by atoms with Crippen LogP contribution in [0.25, 0.3) is 10.1 Å². The van der Waals surface area contributed by atoms with Gasteiger partial charge >= 0.3 is 0 Å². The van der Waals surface area contributed by atoms with Crippen LogP contribution < -0.4 is 5.32 Å². The number of benzene rings is 2. The topological polar surface area (TPSA) is 50.8 Å². The lowest BCUT2D eigenvalue weighted by molar-refractivity contribution is -0.0323. The molecule has 1 N–H and O–H groups in total. The number of fused-ring (bicyclic) bond motifs is 1. The quantitative estimate of drug-likeness (QED) is 0.578. The van der Waals surface area contributed by atoms with Crippen LogP contribution in [0.1, 0.15) is 26.9 Å². The fourth-order valence-electron chi connectivity index (χ4n) is 3.77. The van der Waals surface area contributed by atoms with Gasteiger partial charge in [0.2, 0.25) is 0 Å². The van der Waals surface area contributed by atoms with Crippen molar-refractivity contribution in [2.24, 2.45) is 0 Å². The van der Waals surface area contributed by atoms with Crippen LogP contribution in [0.3, 0.4) is 0 Å². The molecule has 0 saturated carbocycles. The van der Waals surface area contributed by atoms with Gasteiger partial charge in [-0.05, 0) is 29.1 Å². The van der Waals surface area contributed by atoms with E-state index in [1.54, 1.807) is 7.11 Å². The van der Waals surface area contributed by atoms with Crippen molar-refractivity contribution < 1.29 is 18.7 Å². The molecule has 0 unspecified atom stereocenters. The first-order valence-corrected chi connectivity index (χ1v) is 10.8. The zero-order valence-corrected chi connectivity index (χ0v) is 17.7. The van der Waals surface area contributed by atoms with E-state index in [1.165, 1.54) is 23.5 Å². The molecule has 30 heavy (non-hydrogen) atoms. The highest BCUT2D eigenvalue weighted by molar-refractivity contribution is 7.21. The standard InChI is InChI=1S/C23H25FN2O3S/c1-28-12-10-25-23(27)22-21(18-4-2-3-5-20(18)30-22)19-15-26(11-13-29-19)14-16-6-8-17(24)9-7-16/h2-9,19H,10-15H2,1H3,(H,25,27)/t19-/m1/s1. The smallest absolute Gasteiger partial charge is 0.261 e. The predicted molar refractivity (Wildman–Crippen MR) is 116 cm³/mol. The van der Waals surface area contributed by atoms with Crippen LogP contribution in [0.15, 0.2) is 48.5 Å². The Balaban J connectivity index is 1.58. The second-order valence-electron chi connectivity index (χ2n) is 7.31. The molecule has 0 spiro atoms. The molecule has 2 aromatic carbocycles. The van der Waals surface area contributed by atoms with Gasteiger partial charge in [0.25, 0.3) is 5.91 Å². The normalized spacial score (nSPS) is 17.3. The van der Waals surface area contributed by atoms with Gasteiger partial charge in [0.1, 0.15) is 5.82 Å². The Hall–Kier alpha value is -2.32. The Morgan fingerprint density at radius 3 is 2.87 bits per heavy atom. The second kappa shape index (κ2) is 9.66. The van der Waals surface area contributed by atoms with Crippen LogP contribution in [0.5, 0.6) is 0 Å². The Bertz CT molecular complexity index is 1010. The summed E-state index contributed by atoms with van der Waals surface area (Å²) < 4.78 is 25.5. The van der Waals surface area contributed by atoms with Crippen molar-refractivity contribution in [2.45, 2.75) is 12.6 Å². The summed E-state index contributed by atoms with van der Waals surface area (Å²) in [7, 11) is 1.61. The van der Waals surface area contributed by atoms with Gasteiger partial charge in [-0.3, -0.25) is 9.69 Å². The number of morpholine rings is 1. The van der Waals surface area contributed by atoms with Crippen molar-refractivity contribution in [2.75, 3.05) is 40.0 Å². The van der Waals surface area contributed by atoms with Crippen LogP contribution in [-0.4, -0.2) is 50.8 Å². The number of ether oxygens (including phenoxy) is 2. The first-order chi connectivity index (χ1) is 14.7. The summed E-state index contributed by atoms with van der Waals surface area (Å²) in [6.45, 7) is 3.71. The number of hydrogen-bond donors (Lipinski definition) is 1. The van der Waals surface area contributed by atoms with E-state index in [-0.39, 0.29) is 17.8 Å². The van der Waals surface area contributed by atoms with E-state index in [9.17, 15) is 9.18 Å². The van der Waals surface area contributed by atoms with E-state index < -0.39 is 0 Å². The zero-order chi connectivity index (χ0) is 20.9. The maximum Gasteiger partial charge on any atom is 0.261 e. The van der Waals surface area contributed by atoms with Crippen LogP contribution in [0, 0.1) is 5.82 Å². The average molecular weight is 429 g/mol. The molecule has 4 rings (SSSR count). The first-order valence-electron chi connectivity index (χ1n) is 10.0. The third-order valence-electron chi connectivity index (χ3n) is 5.22. The third-order valence-corrected chi connectivity index (χ3v) is 6.41. The molecule has 0 bridgehead atoms. The Kier molecular flexibility index (Phi) is 6.74. The molecule has 158 valence electrons. The van der Waals surface area contributed by atoms with Gasteiger partial charge in [-0.1, -0.05) is 30.3 Å². The summed E-state index contributed by atoms with van der Waals surface area (Å²) in [6, 6.07) is 14.7. The van der Waals surface area contributed by atoms with Crippen molar-refractivity contribution in [1.29, 1.82) is 0 Å². The molecule has 1 aromatic heterocycles. The summed E-state index contributed by atoms with van der Waals surface area (Å²) in [5.74, 6) is -0.324. The van der Waals surface area contributed by atoms with E-state index in [2.05, 4.69) is 16.3 Å². The third kappa shape index (κ3) is 4.70. The summed E-state index contributed by atoms with van der Waals surface area (Å²) in [4.78, 5) is 15.9. The number of rotatable bonds is 7. The lowest BCUT2D eigenvalue weighted by Gasteiger charge is -2.33. The van der Waals surface area contributed by atoms with E-state index in [1.807, 2.05) is 30.3 Å². The van der Waals surface area contributed by atoms with Gasteiger partial charge in [-0.25, -0.2) is 4.39 Å². The van der Waals surface area contributed by atoms with Gasteiger partial charge < -0.3 is 14.8 Å². The SMILES string of the molecule is COCCNC(=O)c1sc2ccccc2c1[C@H]1CN(Cc2ccc(F)cc2)CCO1. The summed E-state index contributed by atoms with van der Waals surface area (Å²) in [5, 5.41) is 4.00. The molecular formula is C23H25FN2O3S. The maximum atomic E-state index is 13.2. The molecule has 3 aromatic rings. The Morgan fingerprint density at radius 1 is 1.27 bits per heavy atom. The van der Waals surface area contributed by atoms with Crippen molar-refractivity contribution in [3.63, 3.8) is 0 Å². The maximum absolute atomic E-state index is 13.2. The van der Waals surface area contributed by atoms with Crippen molar-refractivity contribution in [3.05, 3.63) is 70.4 Å².